The maximum absolute atomic E-state index is 12.0. The van der Waals surface area contributed by atoms with Crippen molar-refractivity contribution >= 4 is 11.6 Å². The van der Waals surface area contributed by atoms with Crippen LogP contribution in [0.3, 0.4) is 0 Å². The molecule has 11 heteroatoms. The van der Waals surface area contributed by atoms with Crippen molar-refractivity contribution in [3.63, 3.8) is 0 Å². The third-order valence-electron chi connectivity index (χ3n) is 3.54. The molecule has 6 N–H and O–H groups in total. The van der Waals surface area contributed by atoms with Crippen molar-refractivity contribution in [2.75, 3.05) is 6.54 Å². The molecule has 1 fully saturated rings. The van der Waals surface area contributed by atoms with E-state index in [1.54, 1.807) is 0 Å². The maximum atomic E-state index is 12.0. The summed E-state index contributed by atoms with van der Waals surface area (Å²) in [6.07, 6.45) is -7.69. The Morgan fingerprint density at radius 3 is 2.58 bits per heavy atom. The first-order chi connectivity index (χ1) is 11.3. The van der Waals surface area contributed by atoms with E-state index in [1.165, 1.54) is 12.1 Å². The lowest BCUT2D eigenvalue weighted by Gasteiger charge is -2.38. The van der Waals surface area contributed by atoms with Gasteiger partial charge in [0, 0.05) is 17.1 Å². The predicted molar refractivity (Wildman–Crippen MR) is 78.1 cm³/mol. The Balaban J connectivity index is 2.01. The summed E-state index contributed by atoms with van der Waals surface area (Å²) < 4.78 is 4.91. The van der Waals surface area contributed by atoms with Crippen LogP contribution >= 0.6 is 0 Å². The van der Waals surface area contributed by atoms with Gasteiger partial charge in [-0.2, -0.15) is 0 Å². The van der Waals surface area contributed by atoms with Crippen LogP contribution in [0.4, 0.5) is 5.69 Å². The summed E-state index contributed by atoms with van der Waals surface area (Å²) in [5.74, 6) is -1.14. The maximum Gasteiger partial charge on any atom is 0.255 e. The fourth-order valence-electron chi connectivity index (χ4n) is 2.21. The highest BCUT2D eigenvalue weighted by Crippen LogP contribution is 2.24. The first-order valence-corrected chi connectivity index (χ1v) is 6.89. The molecule has 24 heavy (non-hydrogen) atoms. The van der Waals surface area contributed by atoms with Gasteiger partial charge in [-0.05, 0) is 17.7 Å². The van der Waals surface area contributed by atoms with Crippen LogP contribution in [0.5, 0.6) is 5.75 Å². The number of nitrogens with one attached hydrogen (secondary N) is 1. The molecule has 0 aromatic heterocycles. The van der Waals surface area contributed by atoms with Gasteiger partial charge >= 0.3 is 0 Å². The van der Waals surface area contributed by atoms with Gasteiger partial charge in [0.1, 0.15) is 30.2 Å². The lowest BCUT2D eigenvalue weighted by atomic mass is 9.99. The van der Waals surface area contributed by atoms with Gasteiger partial charge < -0.3 is 35.6 Å². The largest absolute Gasteiger partial charge is 0.507 e. The number of ether oxygens (including phenoxy) is 1. The second-order valence-corrected chi connectivity index (χ2v) is 5.14. The molecular weight excluding hydrogens is 324 g/mol. The third-order valence-corrected chi connectivity index (χ3v) is 3.54. The number of phenols is 1. The standard InChI is InChI=1S/C13H16N4O7/c14-17-16-5-1-2-6(7(18)3-5)12(22)15-4-8-9(19)10(20)11(21)13(23)24-8/h1-3,8-11,13,18-21,23H,4H2,(H,15,22). The van der Waals surface area contributed by atoms with E-state index in [0.717, 1.165) is 6.07 Å². The number of aromatic hydroxyl groups is 1. The van der Waals surface area contributed by atoms with Crippen molar-refractivity contribution in [1.82, 2.24) is 5.32 Å². The predicted octanol–water partition coefficient (Wildman–Crippen LogP) is -1.14. The second-order valence-electron chi connectivity index (χ2n) is 5.14. The Bertz CT molecular complexity index is 664. The van der Waals surface area contributed by atoms with Crippen LogP contribution in [0, 0.1) is 0 Å². The van der Waals surface area contributed by atoms with Gasteiger partial charge in [-0.1, -0.05) is 11.2 Å². The molecule has 1 aromatic carbocycles. The van der Waals surface area contributed by atoms with E-state index in [1.807, 2.05) is 0 Å². The van der Waals surface area contributed by atoms with Gasteiger partial charge in [0.05, 0.1) is 5.56 Å². The van der Waals surface area contributed by atoms with Crippen LogP contribution in [-0.2, 0) is 4.74 Å². The quantitative estimate of drug-likeness (QED) is 0.227. The molecule has 1 saturated heterocycles. The first kappa shape index (κ1) is 17.9. The number of carbonyl (C=O) groups is 1. The molecule has 11 nitrogen and oxygen atoms in total. The average molecular weight is 340 g/mol. The van der Waals surface area contributed by atoms with Gasteiger partial charge in [0.15, 0.2) is 6.29 Å². The van der Waals surface area contributed by atoms with Gasteiger partial charge in [-0.25, -0.2) is 0 Å². The molecule has 130 valence electrons. The van der Waals surface area contributed by atoms with Crippen molar-refractivity contribution < 1.29 is 35.1 Å². The molecule has 0 aliphatic carbocycles. The fourth-order valence-corrected chi connectivity index (χ4v) is 2.21. The number of rotatable bonds is 4. The van der Waals surface area contributed by atoms with E-state index >= 15 is 0 Å². The normalized spacial score (nSPS) is 29.6. The SMILES string of the molecule is [N-]=[N+]=Nc1ccc(C(=O)NCC2OC(O)C(O)C(O)C2O)c(O)c1. The zero-order valence-electron chi connectivity index (χ0n) is 12.2. The summed E-state index contributed by atoms with van der Waals surface area (Å²) in [6.45, 7) is -0.293. The highest BCUT2D eigenvalue weighted by molar-refractivity contribution is 5.97. The number of hydrogen-bond acceptors (Lipinski definition) is 8. The molecule has 1 aliphatic rings. The topological polar surface area (TPSA) is 188 Å². The number of aliphatic hydroxyl groups is 4. The number of azide groups is 1. The smallest absolute Gasteiger partial charge is 0.255 e. The van der Waals surface area contributed by atoms with E-state index < -0.39 is 42.4 Å². The Morgan fingerprint density at radius 1 is 1.25 bits per heavy atom. The van der Waals surface area contributed by atoms with Gasteiger partial charge in [0.25, 0.3) is 5.91 Å². The summed E-state index contributed by atoms with van der Waals surface area (Å²) in [5.41, 5.74) is 8.32. The molecule has 0 spiro atoms. The minimum Gasteiger partial charge on any atom is -0.507 e. The van der Waals surface area contributed by atoms with Crippen molar-refractivity contribution in [1.29, 1.82) is 0 Å². The Hall–Kier alpha value is -2.40. The van der Waals surface area contributed by atoms with E-state index in [2.05, 4.69) is 15.3 Å². The molecule has 0 radical (unpaired) electrons. The zero-order valence-corrected chi connectivity index (χ0v) is 12.2. The summed E-state index contributed by atoms with van der Waals surface area (Å²) >= 11 is 0. The second kappa shape index (κ2) is 7.45. The van der Waals surface area contributed by atoms with Gasteiger partial charge in [0.2, 0.25) is 0 Å². The van der Waals surface area contributed by atoms with Gasteiger partial charge in [-0.3, -0.25) is 4.79 Å². The van der Waals surface area contributed by atoms with Crippen LogP contribution < -0.4 is 5.32 Å². The molecule has 1 aliphatic heterocycles. The summed E-state index contributed by atoms with van der Waals surface area (Å²) in [6, 6.07) is 3.66. The molecule has 1 amide bonds. The molecule has 5 unspecified atom stereocenters. The first-order valence-electron chi connectivity index (χ1n) is 6.89. The minimum atomic E-state index is -1.71. The number of nitrogens with zero attached hydrogens (tertiary/aromatic N) is 3. The summed E-state index contributed by atoms with van der Waals surface area (Å²) in [5, 5.41) is 53.5. The van der Waals surface area contributed by atoms with E-state index in [0.29, 0.717) is 0 Å². The van der Waals surface area contributed by atoms with Crippen LogP contribution in [0.2, 0.25) is 0 Å². The third kappa shape index (κ3) is 3.74. The molecular formula is C13H16N4O7. The fraction of sp³-hybridized carbons (Fsp3) is 0.462. The van der Waals surface area contributed by atoms with E-state index in [9.17, 15) is 30.3 Å². The van der Waals surface area contributed by atoms with Crippen molar-refractivity contribution in [3.8, 4) is 5.75 Å². The average Bonchev–Trinajstić information content (AvgIpc) is 2.55. The Morgan fingerprint density at radius 2 is 1.96 bits per heavy atom. The highest BCUT2D eigenvalue weighted by atomic mass is 16.6. The van der Waals surface area contributed by atoms with Crippen LogP contribution in [0.1, 0.15) is 10.4 Å². The van der Waals surface area contributed by atoms with Crippen LogP contribution in [0.25, 0.3) is 10.4 Å². The minimum absolute atomic E-state index is 0.113. The Labute approximate surface area is 135 Å². The van der Waals surface area contributed by atoms with Gasteiger partial charge in [-0.15, -0.1) is 0 Å². The summed E-state index contributed by atoms with van der Waals surface area (Å²) in [7, 11) is 0. The van der Waals surface area contributed by atoms with Crippen LogP contribution in [0.15, 0.2) is 23.3 Å². The monoisotopic (exact) mass is 340 g/mol. The number of hydrogen-bond donors (Lipinski definition) is 6. The molecule has 5 atom stereocenters. The lowest BCUT2D eigenvalue weighted by Crippen LogP contribution is -2.60. The highest BCUT2D eigenvalue weighted by Gasteiger charge is 2.42. The number of benzene rings is 1. The van der Waals surface area contributed by atoms with Crippen molar-refractivity contribution in [3.05, 3.63) is 34.2 Å². The number of amides is 1. The van der Waals surface area contributed by atoms with Crippen LogP contribution in [-0.4, -0.2) is 68.7 Å². The lowest BCUT2D eigenvalue weighted by molar-refractivity contribution is -0.279. The Kier molecular flexibility index (Phi) is 5.57. The van der Waals surface area contributed by atoms with Crippen molar-refractivity contribution in [2.45, 2.75) is 30.7 Å². The number of aliphatic hydroxyl groups excluding tert-OH is 4. The number of carbonyl (C=O) groups excluding carboxylic acids is 1. The molecule has 1 heterocycles. The zero-order chi connectivity index (χ0) is 17.9. The van der Waals surface area contributed by atoms with E-state index in [-0.39, 0.29) is 17.8 Å². The molecule has 1 aromatic rings. The molecule has 0 saturated carbocycles. The summed E-state index contributed by atoms with van der Waals surface area (Å²) in [4.78, 5) is 14.6. The molecule has 2 rings (SSSR count). The van der Waals surface area contributed by atoms with Crippen molar-refractivity contribution in [2.24, 2.45) is 5.11 Å². The molecule has 0 bridgehead atoms. The number of phenolic OH excluding ortho intramolecular Hbond substituents is 1. The van der Waals surface area contributed by atoms with E-state index in [4.69, 9.17) is 10.3 Å².